The normalized spacial score (nSPS) is 27.2. The van der Waals surface area contributed by atoms with Gasteiger partial charge in [-0.3, -0.25) is 4.21 Å². The first-order chi connectivity index (χ1) is 9.45. The maximum absolute atomic E-state index is 13.3. The Balaban J connectivity index is 2.26. The predicted octanol–water partition coefficient (Wildman–Crippen LogP) is 3.49. The predicted molar refractivity (Wildman–Crippen MR) is 81.7 cm³/mol. The maximum Gasteiger partial charge on any atom is 0.124 e. The summed E-state index contributed by atoms with van der Waals surface area (Å²) in [6.45, 7) is 7.41. The third-order valence-corrected chi connectivity index (χ3v) is 6.03. The lowest BCUT2D eigenvalue weighted by atomic mass is 9.73. The van der Waals surface area contributed by atoms with Crippen LogP contribution in [0, 0.1) is 11.2 Å². The smallest absolute Gasteiger partial charge is 0.124 e. The fraction of sp³-hybridized carbons (Fsp3) is 0.625. The minimum atomic E-state index is -1.16. The van der Waals surface area contributed by atoms with Gasteiger partial charge in [-0.1, -0.05) is 33.3 Å². The molecule has 0 aliphatic heterocycles. The zero-order valence-corrected chi connectivity index (χ0v) is 13.3. The van der Waals surface area contributed by atoms with E-state index in [1.807, 2.05) is 0 Å². The fourth-order valence-electron chi connectivity index (χ4n) is 3.21. The van der Waals surface area contributed by atoms with Crippen LogP contribution >= 0.6 is 0 Å². The number of halogens is 1. The topological polar surface area (TPSA) is 29.1 Å². The van der Waals surface area contributed by atoms with E-state index in [0.717, 1.165) is 25.8 Å². The molecule has 1 fully saturated rings. The van der Waals surface area contributed by atoms with Crippen molar-refractivity contribution >= 4 is 10.8 Å². The van der Waals surface area contributed by atoms with Crippen molar-refractivity contribution in [3.8, 4) is 0 Å². The van der Waals surface area contributed by atoms with Crippen LogP contribution in [0.25, 0.3) is 0 Å². The summed E-state index contributed by atoms with van der Waals surface area (Å²) in [7, 11) is -1.16. The highest BCUT2D eigenvalue weighted by molar-refractivity contribution is 7.85. The second-order valence-electron chi connectivity index (χ2n) is 6.21. The molecule has 0 heterocycles. The molecule has 0 radical (unpaired) electrons. The first-order valence-corrected chi connectivity index (χ1v) is 8.56. The minimum absolute atomic E-state index is 0.0560. The zero-order valence-electron chi connectivity index (χ0n) is 12.5. The van der Waals surface area contributed by atoms with Crippen molar-refractivity contribution in [3.63, 3.8) is 0 Å². The third kappa shape index (κ3) is 3.29. The molecule has 1 aliphatic rings. The molecule has 0 spiro atoms. The summed E-state index contributed by atoms with van der Waals surface area (Å²) < 4.78 is 26.2. The average molecular weight is 297 g/mol. The van der Waals surface area contributed by atoms with E-state index in [1.54, 1.807) is 12.1 Å². The van der Waals surface area contributed by atoms with Crippen LogP contribution in [0.5, 0.6) is 0 Å². The van der Waals surface area contributed by atoms with E-state index in [1.165, 1.54) is 12.1 Å². The molecule has 0 aromatic heterocycles. The Kier molecular flexibility index (Phi) is 4.97. The Hall–Kier alpha value is -0.740. The van der Waals surface area contributed by atoms with E-state index in [-0.39, 0.29) is 22.5 Å². The molecule has 2 nitrogen and oxygen atoms in total. The van der Waals surface area contributed by atoms with Gasteiger partial charge in [-0.05, 0) is 43.0 Å². The lowest BCUT2D eigenvalue weighted by Crippen LogP contribution is -2.53. The van der Waals surface area contributed by atoms with Gasteiger partial charge >= 0.3 is 0 Å². The molecule has 112 valence electrons. The van der Waals surface area contributed by atoms with Gasteiger partial charge in [0.1, 0.15) is 5.82 Å². The molecule has 1 aromatic rings. The zero-order chi connectivity index (χ0) is 14.8. The summed E-state index contributed by atoms with van der Waals surface area (Å²) >= 11 is 0. The van der Waals surface area contributed by atoms with Crippen molar-refractivity contribution in [1.29, 1.82) is 0 Å². The molecular formula is C16H24FNOS. The van der Waals surface area contributed by atoms with E-state index in [9.17, 15) is 8.60 Å². The molecule has 1 aliphatic carbocycles. The van der Waals surface area contributed by atoms with Gasteiger partial charge in [-0.15, -0.1) is 0 Å². The highest BCUT2D eigenvalue weighted by atomic mass is 32.2. The molecule has 4 heteroatoms. The van der Waals surface area contributed by atoms with Crippen molar-refractivity contribution in [1.82, 2.24) is 5.32 Å². The minimum Gasteiger partial charge on any atom is -0.313 e. The monoisotopic (exact) mass is 297 g/mol. The molecule has 2 rings (SSSR count). The Morgan fingerprint density at radius 2 is 2.20 bits per heavy atom. The fourth-order valence-corrected chi connectivity index (χ4v) is 5.09. The second kappa shape index (κ2) is 6.35. The van der Waals surface area contributed by atoms with Crippen LogP contribution < -0.4 is 5.32 Å². The van der Waals surface area contributed by atoms with Crippen molar-refractivity contribution in [2.24, 2.45) is 5.41 Å². The van der Waals surface area contributed by atoms with Crippen LogP contribution in [0.4, 0.5) is 4.39 Å². The van der Waals surface area contributed by atoms with Gasteiger partial charge in [0.2, 0.25) is 0 Å². The first kappa shape index (κ1) is 15.6. The molecule has 1 saturated carbocycles. The van der Waals surface area contributed by atoms with Gasteiger partial charge in [0.15, 0.2) is 0 Å². The summed E-state index contributed by atoms with van der Waals surface area (Å²) in [5.41, 5.74) is 0.127. The van der Waals surface area contributed by atoms with Gasteiger partial charge in [-0.2, -0.15) is 0 Å². The van der Waals surface area contributed by atoms with E-state index in [2.05, 4.69) is 26.1 Å². The largest absolute Gasteiger partial charge is 0.313 e. The van der Waals surface area contributed by atoms with Gasteiger partial charge < -0.3 is 5.32 Å². The maximum atomic E-state index is 13.3. The van der Waals surface area contributed by atoms with Crippen LogP contribution in [-0.4, -0.2) is 22.0 Å². The number of benzene rings is 1. The molecule has 3 atom stereocenters. The van der Waals surface area contributed by atoms with E-state index >= 15 is 0 Å². The molecule has 1 N–H and O–H groups in total. The average Bonchev–Trinajstić information content (AvgIpc) is 2.40. The summed E-state index contributed by atoms with van der Waals surface area (Å²) in [4.78, 5) is 0.607. The molecule has 1 aromatic carbocycles. The number of hydrogen-bond donors (Lipinski definition) is 1. The van der Waals surface area contributed by atoms with Crippen molar-refractivity contribution in [3.05, 3.63) is 30.1 Å². The standard InChI is InChI=1S/C16H24FNOS/c1-4-18-15-14(9-6-10-16(15,2)3)20(19)13-8-5-7-12(17)11-13/h5,7-8,11,14-15,18H,4,6,9-10H2,1-3H3. The summed E-state index contributed by atoms with van der Waals surface area (Å²) in [5.74, 6) is -0.314. The molecule has 0 saturated heterocycles. The van der Waals surface area contributed by atoms with Gasteiger partial charge in [-0.25, -0.2) is 4.39 Å². The number of nitrogens with one attached hydrogen (secondary N) is 1. The Labute approximate surface area is 123 Å². The Morgan fingerprint density at radius 3 is 2.85 bits per heavy atom. The van der Waals surface area contributed by atoms with E-state index in [4.69, 9.17) is 0 Å². The lowest BCUT2D eigenvalue weighted by molar-refractivity contribution is 0.174. The van der Waals surface area contributed by atoms with Crippen molar-refractivity contribution < 1.29 is 8.60 Å². The molecule has 0 amide bonds. The van der Waals surface area contributed by atoms with Crippen LogP contribution in [0.2, 0.25) is 0 Å². The van der Waals surface area contributed by atoms with Crippen LogP contribution in [-0.2, 0) is 10.8 Å². The summed E-state index contributed by atoms with van der Waals surface area (Å²) in [5, 5.41) is 3.56. The highest BCUT2D eigenvalue weighted by Gasteiger charge is 2.41. The van der Waals surface area contributed by atoms with Gasteiger partial charge in [0.25, 0.3) is 0 Å². The number of rotatable bonds is 4. The Morgan fingerprint density at radius 1 is 1.45 bits per heavy atom. The molecule has 20 heavy (non-hydrogen) atoms. The first-order valence-electron chi connectivity index (χ1n) is 7.35. The van der Waals surface area contributed by atoms with Crippen molar-refractivity contribution in [2.45, 2.75) is 56.2 Å². The van der Waals surface area contributed by atoms with Crippen molar-refractivity contribution in [2.75, 3.05) is 6.54 Å². The molecule has 0 bridgehead atoms. The lowest BCUT2D eigenvalue weighted by Gasteiger charge is -2.44. The molecular weight excluding hydrogens is 273 g/mol. The highest BCUT2D eigenvalue weighted by Crippen LogP contribution is 2.39. The van der Waals surface area contributed by atoms with E-state index in [0.29, 0.717) is 4.90 Å². The SMILES string of the molecule is CCNC1C(S(=O)c2cccc(F)c2)CCCC1(C)C. The summed E-state index contributed by atoms with van der Waals surface area (Å²) in [6.07, 6.45) is 3.16. The van der Waals surface area contributed by atoms with Gasteiger partial charge in [0, 0.05) is 10.9 Å². The van der Waals surface area contributed by atoms with Crippen LogP contribution in [0.1, 0.15) is 40.0 Å². The molecule has 3 unspecified atom stereocenters. The third-order valence-electron chi connectivity index (χ3n) is 4.25. The van der Waals surface area contributed by atoms with Crippen LogP contribution in [0.3, 0.4) is 0 Å². The van der Waals surface area contributed by atoms with E-state index < -0.39 is 10.8 Å². The second-order valence-corrected chi connectivity index (χ2v) is 7.88. The Bertz CT molecular complexity index is 489. The van der Waals surface area contributed by atoms with Crippen LogP contribution in [0.15, 0.2) is 29.2 Å². The quantitative estimate of drug-likeness (QED) is 0.921. The number of hydrogen-bond acceptors (Lipinski definition) is 2. The summed E-state index contributed by atoms with van der Waals surface area (Å²) in [6, 6.07) is 6.42. The van der Waals surface area contributed by atoms with Gasteiger partial charge in [0.05, 0.1) is 16.0 Å².